The fourth-order valence-corrected chi connectivity index (χ4v) is 5.86. The number of carbonyl (C=O) groups excluding carboxylic acids is 1. The highest BCUT2D eigenvalue weighted by atomic mass is 32.2. The van der Waals surface area contributed by atoms with Crippen LogP contribution < -0.4 is 5.32 Å². The van der Waals surface area contributed by atoms with E-state index in [1.807, 2.05) is 32.9 Å². The zero-order chi connectivity index (χ0) is 22.0. The third-order valence-electron chi connectivity index (χ3n) is 5.44. The van der Waals surface area contributed by atoms with E-state index in [0.29, 0.717) is 15.7 Å². The van der Waals surface area contributed by atoms with Gasteiger partial charge in [-0.25, -0.2) is 0 Å². The smallest absolute Gasteiger partial charge is 0.238 e. The van der Waals surface area contributed by atoms with Crippen LogP contribution in [0, 0.1) is 25.2 Å². The van der Waals surface area contributed by atoms with Gasteiger partial charge in [-0.05, 0) is 74.1 Å². The van der Waals surface area contributed by atoms with Crippen LogP contribution in [0.1, 0.15) is 53.3 Å². The zero-order valence-corrected chi connectivity index (χ0v) is 19.4. The van der Waals surface area contributed by atoms with Crippen LogP contribution in [-0.2, 0) is 17.6 Å². The van der Waals surface area contributed by atoms with Crippen LogP contribution >= 0.6 is 23.1 Å². The number of hydrogen-bond acceptors (Lipinski definition) is 7. The number of nitriles is 1. The number of tetrazole rings is 1. The van der Waals surface area contributed by atoms with Crippen LogP contribution in [0.15, 0.2) is 23.4 Å². The van der Waals surface area contributed by atoms with Gasteiger partial charge in [-0.3, -0.25) is 4.79 Å². The van der Waals surface area contributed by atoms with Crippen molar-refractivity contribution >= 4 is 34.0 Å². The van der Waals surface area contributed by atoms with Crippen LogP contribution in [0.5, 0.6) is 0 Å². The minimum atomic E-state index is -0.427. The van der Waals surface area contributed by atoms with E-state index in [1.54, 1.807) is 16.0 Å². The predicted molar refractivity (Wildman–Crippen MR) is 123 cm³/mol. The number of nitrogens with one attached hydrogen (secondary N) is 1. The molecule has 0 fully saturated rings. The van der Waals surface area contributed by atoms with Gasteiger partial charge in [0.15, 0.2) is 0 Å². The molecule has 1 N–H and O–H groups in total. The number of fused-ring (bicyclic) bond motifs is 1. The molecule has 0 bridgehead atoms. The van der Waals surface area contributed by atoms with Gasteiger partial charge in [0.25, 0.3) is 0 Å². The van der Waals surface area contributed by atoms with E-state index in [2.05, 4.69) is 33.0 Å². The normalized spacial score (nSPS) is 14.4. The fraction of sp³-hybridized carbons (Fsp3) is 0.409. The second-order valence-electron chi connectivity index (χ2n) is 7.79. The minimum Gasteiger partial charge on any atom is -0.316 e. The molecule has 0 saturated carbocycles. The van der Waals surface area contributed by atoms with Gasteiger partial charge in [0.2, 0.25) is 11.1 Å². The molecular weight excluding hydrogens is 428 g/mol. The first-order valence-corrected chi connectivity index (χ1v) is 12.1. The van der Waals surface area contributed by atoms with Gasteiger partial charge >= 0.3 is 0 Å². The van der Waals surface area contributed by atoms with Crippen LogP contribution in [0.2, 0.25) is 0 Å². The Hall–Kier alpha value is -2.70. The van der Waals surface area contributed by atoms with Crippen molar-refractivity contribution in [1.29, 1.82) is 5.26 Å². The van der Waals surface area contributed by atoms with E-state index in [-0.39, 0.29) is 5.91 Å². The predicted octanol–water partition coefficient (Wildman–Crippen LogP) is 4.60. The molecule has 1 aliphatic rings. The van der Waals surface area contributed by atoms with Crippen molar-refractivity contribution in [1.82, 2.24) is 20.2 Å². The lowest BCUT2D eigenvalue weighted by Gasteiger charge is -2.12. The molecule has 2 heterocycles. The van der Waals surface area contributed by atoms with Gasteiger partial charge in [-0.15, -0.1) is 16.4 Å². The molecule has 1 atom stereocenters. The maximum Gasteiger partial charge on any atom is 0.238 e. The number of anilines is 1. The summed E-state index contributed by atoms with van der Waals surface area (Å²) in [5, 5.41) is 25.5. The molecule has 160 valence electrons. The molecule has 0 saturated heterocycles. The molecule has 0 spiro atoms. The maximum absolute atomic E-state index is 12.9. The Morgan fingerprint density at radius 3 is 2.87 bits per heavy atom. The highest BCUT2D eigenvalue weighted by Crippen LogP contribution is 2.37. The number of aryl methyl sites for hydroxylation is 3. The lowest BCUT2D eigenvalue weighted by molar-refractivity contribution is -0.115. The maximum atomic E-state index is 12.9. The molecule has 1 aliphatic carbocycles. The molecular formula is C22H24N6OS2. The topological polar surface area (TPSA) is 96.5 Å². The van der Waals surface area contributed by atoms with Crippen LogP contribution in [-0.4, -0.2) is 31.4 Å². The van der Waals surface area contributed by atoms with Crippen molar-refractivity contribution < 1.29 is 4.79 Å². The highest BCUT2D eigenvalue weighted by molar-refractivity contribution is 8.00. The van der Waals surface area contributed by atoms with Crippen molar-refractivity contribution in [3.8, 4) is 11.8 Å². The Labute approximate surface area is 189 Å². The average molecular weight is 453 g/mol. The van der Waals surface area contributed by atoms with Gasteiger partial charge in [0.1, 0.15) is 11.1 Å². The van der Waals surface area contributed by atoms with Gasteiger partial charge in [0, 0.05) is 4.88 Å². The largest absolute Gasteiger partial charge is 0.316 e. The van der Waals surface area contributed by atoms with Gasteiger partial charge in [-0.2, -0.15) is 9.94 Å². The number of thioether (sulfide) groups is 1. The van der Waals surface area contributed by atoms with Crippen molar-refractivity contribution in [2.75, 3.05) is 5.32 Å². The first-order valence-electron chi connectivity index (χ1n) is 10.4. The van der Waals surface area contributed by atoms with E-state index in [4.69, 9.17) is 0 Å². The number of amides is 1. The Balaban J connectivity index is 1.51. The number of nitrogens with zero attached hydrogens (tertiary/aromatic N) is 5. The number of benzene rings is 1. The fourth-order valence-electron chi connectivity index (χ4n) is 3.82. The summed E-state index contributed by atoms with van der Waals surface area (Å²) in [4.78, 5) is 14.2. The summed E-state index contributed by atoms with van der Waals surface area (Å²) >= 11 is 2.85. The Kier molecular flexibility index (Phi) is 6.39. The second kappa shape index (κ2) is 9.20. The van der Waals surface area contributed by atoms with Crippen molar-refractivity contribution in [2.45, 2.75) is 63.3 Å². The lowest BCUT2D eigenvalue weighted by atomic mass is 10.1. The number of hydrogen-bond donors (Lipinski definition) is 1. The van der Waals surface area contributed by atoms with E-state index < -0.39 is 5.25 Å². The Morgan fingerprint density at radius 1 is 1.29 bits per heavy atom. The Bertz CT molecular complexity index is 1160. The summed E-state index contributed by atoms with van der Waals surface area (Å²) in [6.07, 6.45) is 5.33. The summed E-state index contributed by atoms with van der Waals surface area (Å²) in [5.41, 5.74) is 4.87. The molecule has 0 radical (unpaired) electrons. The Morgan fingerprint density at radius 2 is 2.10 bits per heavy atom. The van der Waals surface area contributed by atoms with E-state index >= 15 is 0 Å². The van der Waals surface area contributed by atoms with Crippen LogP contribution in [0.25, 0.3) is 5.69 Å². The third-order valence-corrected chi connectivity index (χ3v) is 7.68. The average Bonchev–Trinajstić information content (AvgIpc) is 3.24. The molecule has 1 amide bonds. The van der Waals surface area contributed by atoms with Crippen LogP contribution in [0.4, 0.5) is 5.00 Å². The quantitative estimate of drug-likeness (QED) is 0.449. The summed E-state index contributed by atoms with van der Waals surface area (Å²) in [6, 6.07) is 8.38. The summed E-state index contributed by atoms with van der Waals surface area (Å²) in [6.45, 7) is 5.88. The van der Waals surface area contributed by atoms with Crippen LogP contribution in [0.3, 0.4) is 0 Å². The van der Waals surface area contributed by atoms with Gasteiger partial charge < -0.3 is 5.32 Å². The molecule has 2 aromatic heterocycles. The number of aromatic nitrogens is 4. The molecule has 3 aromatic rings. The second-order valence-corrected chi connectivity index (χ2v) is 10.2. The van der Waals surface area contributed by atoms with E-state index in [0.717, 1.165) is 42.5 Å². The van der Waals surface area contributed by atoms with Crippen molar-refractivity contribution in [3.63, 3.8) is 0 Å². The lowest BCUT2D eigenvalue weighted by Crippen LogP contribution is -2.23. The van der Waals surface area contributed by atoms with Crippen molar-refractivity contribution in [3.05, 3.63) is 45.3 Å². The molecule has 9 heteroatoms. The minimum absolute atomic E-state index is 0.159. The standard InChI is InChI=1S/C22H24N6OS2/c1-13-9-10-18(14(2)11-13)28-22(25-26-27-28)30-15(3)20(29)24-21-17(12-23)16-7-5-4-6-8-19(16)31-21/h9-11,15H,4-8H2,1-3H3,(H,24,29). The number of rotatable bonds is 5. The molecule has 1 aromatic carbocycles. The zero-order valence-electron chi connectivity index (χ0n) is 17.8. The third kappa shape index (κ3) is 4.50. The summed E-state index contributed by atoms with van der Waals surface area (Å²) < 4.78 is 1.66. The summed E-state index contributed by atoms with van der Waals surface area (Å²) in [7, 11) is 0. The van der Waals surface area contributed by atoms with E-state index in [1.165, 1.54) is 28.6 Å². The first kappa shape index (κ1) is 21.5. The number of carbonyl (C=O) groups is 1. The molecule has 7 nitrogen and oxygen atoms in total. The monoisotopic (exact) mass is 452 g/mol. The molecule has 0 aliphatic heterocycles. The van der Waals surface area contributed by atoms with Gasteiger partial charge in [-0.1, -0.05) is 35.9 Å². The molecule has 31 heavy (non-hydrogen) atoms. The number of thiophene rings is 1. The molecule has 1 unspecified atom stereocenters. The van der Waals surface area contributed by atoms with Crippen molar-refractivity contribution in [2.24, 2.45) is 0 Å². The SMILES string of the molecule is Cc1ccc(-n2nnnc2SC(C)C(=O)Nc2sc3c(c2C#N)CCCCC3)c(C)c1. The highest BCUT2D eigenvalue weighted by Gasteiger charge is 2.24. The molecule has 4 rings (SSSR count). The van der Waals surface area contributed by atoms with E-state index in [9.17, 15) is 10.1 Å². The summed E-state index contributed by atoms with van der Waals surface area (Å²) in [5.74, 6) is -0.159. The first-order chi connectivity index (χ1) is 15.0. The van der Waals surface area contributed by atoms with Gasteiger partial charge in [0.05, 0.1) is 16.5 Å².